The van der Waals surface area contributed by atoms with Crippen molar-refractivity contribution in [1.29, 1.82) is 0 Å². The first kappa shape index (κ1) is 27.0. The van der Waals surface area contributed by atoms with E-state index in [-0.39, 0.29) is 5.78 Å². The smallest absolute Gasteiger partial charge is 0.134 e. The number of carbonyl (C=O) groups excluding carboxylic acids is 1. The fourth-order valence-corrected chi connectivity index (χ4v) is 3.82. The van der Waals surface area contributed by atoms with Crippen LogP contribution in [0.4, 0.5) is 0 Å². The number of benzene rings is 5. The molecule has 0 heterocycles. The summed E-state index contributed by atoms with van der Waals surface area (Å²) in [5, 5.41) is 17.3. The highest BCUT2D eigenvalue weighted by Gasteiger charge is 2.15. The molecule has 3 nitrogen and oxygen atoms in total. The Morgan fingerprint density at radius 1 is 0.541 bits per heavy atom. The summed E-state index contributed by atoms with van der Waals surface area (Å²) in [7, 11) is 0. The molecule has 186 valence electrons. The highest BCUT2D eigenvalue weighted by molar-refractivity contribution is 5.78. The molecule has 1 aliphatic carbocycles. The standard InChI is InChI=1S/C13H10.C9H10O.2C6H6O/c1-3-7-12-10(5-1)9-11-6-2-4-8-13(11)12;1-8(10)7-9-5-3-2-4-6-9;2*7-6-4-2-1-3-5-6/h1-8H,9H2;2-6H,7H2,1H3;2*1-5,7H. The molecular weight excluding hydrogens is 456 g/mol. The van der Waals surface area contributed by atoms with Gasteiger partial charge in [-0.1, -0.05) is 115 Å². The van der Waals surface area contributed by atoms with Gasteiger partial charge in [-0.25, -0.2) is 0 Å². The average molecular weight is 489 g/mol. The molecule has 6 rings (SSSR count). The van der Waals surface area contributed by atoms with Gasteiger partial charge < -0.3 is 10.2 Å². The van der Waals surface area contributed by atoms with Crippen molar-refractivity contribution in [3.8, 4) is 22.6 Å². The van der Waals surface area contributed by atoms with Crippen LogP contribution in [0, 0.1) is 0 Å². The molecule has 0 unspecified atom stereocenters. The fraction of sp³-hybridized carbons (Fsp3) is 0.0882. The summed E-state index contributed by atoms with van der Waals surface area (Å²) in [4.78, 5) is 10.6. The van der Waals surface area contributed by atoms with Crippen molar-refractivity contribution < 1.29 is 15.0 Å². The third-order valence-electron chi connectivity index (χ3n) is 5.51. The molecule has 3 heteroatoms. The van der Waals surface area contributed by atoms with Crippen molar-refractivity contribution in [1.82, 2.24) is 0 Å². The van der Waals surface area contributed by atoms with Crippen LogP contribution >= 0.6 is 0 Å². The number of carbonyl (C=O) groups is 1. The van der Waals surface area contributed by atoms with Gasteiger partial charge >= 0.3 is 0 Å². The first-order valence-corrected chi connectivity index (χ1v) is 12.2. The Balaban J connectivity index is 0.000000143. The lowest BCUT2D eigenvalue weighted by molar-refractivity contribution is -0.116. The van der Waals surface area contributed by atoms with Crippen LogP contribution in [0.15, 0.2) is 140 Å². The van der Waals surface area contributed by atoms with Gasteiger partial charge in [0.25, 0.3) is 0 Å². The molecule has 0 radical (unpaired) electrons. The van der Waals surface area contributed by atoms with Crippen molar-refractivity contribution in [3.05, 3.63) is 156 Å². The van der Waals surface area contributed by atoms with Crippen molar-refractivity contribution in [2.75, 3.05) is 0 Å². The molecule has 0 atom stereocenters. The van der Waals surface area contributed by atoms with Gasteiger partial charge in [0.05, 0.1) is 0 Å². The van der Waals surface area contributed by atoms with Crippen LogP contribution < -0.4 is 0 Å². The summed E-state index contributed by atoms with van der Waals surface area (Å²) in [6, 6.07) is 44.5. The lowest BCUT2D eigenvalue weighted by Crippen LogP contribution is -1.94. The zero-order chi connectivity index (χ0) is 26.3. The minimum Gasteiger partial charge on any atom is -0.508 e. The van der Waals surface area contributed by atoms with E-state index in [2.05, 4.69) is 48.5 Å². The number of phenolic OH excluding ortho intramolecular Hbond substituents is 2. The highest BCUT2D eigenvalue weighted by atomic mass is 16.3. The van der Waals surface area contributed by atoms with E-state index < -0.39 is 0 Å². The SMILES string of the molecule is CC(=O)Cc1ccccc1.Oc1ccccc1.Oc1ccccc1.c1ccc2c(c1)Cc1ccccc1-2. The quantitative estimate of drug-likeness (QED) is 0.261. The minimum atomic E-state index is 0.214. The number of Topliss-reactive ketones (excluding diaryl/α,β-unsaturated/α-hetero) is 1. The monoisotopic (exact) mass is 488 g/mol. The molecule has 5 aromatic carbocycles. The van der Waals surface area contributed by atoms with Crippen LogP contribution in [0.1, 0.15) is 23.6 Å². The maximum Gasteiger partial charge on any atom is 0.134 e. The summed E-state index contributed by atoms with van der Waals surface area (Å²) in [6.07, 6.45) is 1.66. The Bertz CT molecular complexity index is 1270. The Kier molecular flexibility index (Phi) is 10.7. The molecule has 0 aliphatic heterocycles. The van der Waals surface area contributed by atoms with Crippen LogP contribution in [0.2, 0.25) is 0 Å². The van der Waals surface area contributed by atoms with E-state index in [1.165, 1.54) is 22.3 Å². The Hall–Kier alpha value is -4.63. The van der Waals surface area contributed by atoms with Crippen LogP contribution in [-0.2, 0) is 17.6 Å². The van der Waals surface area contributed by atoms with E-state index in [1.54, 1.807) is 55.5 Å². The second kappa shape index (κ2) is 14.7. The molecule has 0 aromatic heterocycles. The van der Waals surface area contributed by atoms with Gasteiger partial charge in [-0.05, 0) is 65.4 Å². The third kappa shape index (κ3) is 9.50. The van der Waals surface area contributed by atoms with Crippen molar-refractivity contribution in [2.45, 2.75) is 19.8 Å². The van der Waals surface area contributed by atoms with E-state index in [0.29, 0.717) is 17.9 Å². The zero-order valence-electron chi connectivity index (χ0n) is 21.0. The molecule has 0 amide bonds. The van der Waals surface area contributed by atoms with Crippen LogP contribution in [-0.4, -0.2) is 16.0 Å². The van der Waals surface area contributed by atoms with E-state index in [9.17, 15) is 4.79 Å². The summed E-state index contributed by atoms with van der Waals surface area (Å²) in [6.45, 7) is 1.60. The molecular formula is C34H32O3. The van der Waals surface area contributed by atoms with Gasteiger partial charge in [-0.2, -0.15) is 0 Å². The van der Waals surface area contributed by atoms with Gasteiger partial charge in [0.1, 0.15) is 17.3 Å². The number of phenols is 2. The van der Waals surface area contributed by atoms with E-state index in [0.717, 1.165) is 12.0 Å². The lowest BCUT2D eigenvalue weighted by Gasteiger charge is -1.98. The van der Waals surface area contributed by atoms with Gasteiger partial charge in [-0.15, -0.1) is 0 Å². The number of ketones is 1. The second-order valence-corrected chi connectivity index (χ2v) is 8.53. The number of aromatic hydroxyl groups is 2. The molecule has 5 aromatic rings. The molecule has 37 heavy (non-hydrogen) atoms. The minimum absolute atomic E-state index is 0.214. The Labute approximate surface area is 219 Å². The summed E-state index contributed by atoms with van der Waals surface area (Å²) in [5.74, 6) is 0.858. The van der Waals surface area contributed by atoms with Gasteiger partial charge in [-0.3, -0.25) is 4.79 Å². The third-order valence-corrected chi connectivity index (χ3v) is 5.51. The first-order valence-electron chi connectivity index (χ1n) is 12.2. The number of para-hydroxylation sites is 2. The molecule has 0 spiro atoms. The number of hydrogen-bond acceptors (Lipinski definition) is 3. The van der Waals surface area contributed by atoms with Crippen molar-refractivity contribution in [2.24, 2.45) is 0 Å². The predicted octanol–water partition coefficient (Wildman–Crippen LogP) is 7.86. The summed E-state index contributed by atoms with van der Waals surface area (Å²) < 4.78 is 0. The van der Waals surface area contributed by atoms with Gasteiger partial charge in [0.2, 0.25) is 0 Å². The average Bonchev–Trinajstić information content (AvgIpc) is 3.30. The van der Waals surface area contributed by atoms with Crippen LogP contribution in [0.5, 0.6) is 11.5 Å². The molecule has 0 saturated heterocycles. The molecule has 0 bridgehead atoms. The summed E-state index contributed by atoms with van der Waals surface area (Å²) in [5.41, 5.74) is 6.85. The number of hydrogen-bond donors (Lipinski definition) is 2. The van der Waals surface area contributed by atoms with E-state index >= 15 is 0 Å². The van der Waals surface area contributed by atoms with E-state index in [1.807, 2.05) is 42.5 Å². The summed E-state index contributed by atoms with van der Waals surface area (Å²) >= 11 is 0. The predicted molar refractivity (Wildman–Crippen MR) is 152 cm³/mol. The maximum absolute atomic E-state index is 10.6. The highest BCUT2D eigenvalue weighted by Crippen LogP contribution is 2.35. The fourth-order valence-electron chi connectivity index (χ4n) is 3.82. The number of rotatable bonds is 2. The van der Waals surface area contributed by atoms with E-state index in [4.69, 9.17) is 10.2 Å². The largest absolute Gasteiger partial charge is 0.508 e. The Morgan fingerprint density at radius 2 is 0.892 bits per heavy atom. The molecule has 2 N–H and O–H groups in total. The second-order valence-electron chi connectivity index (χ2n) is 8.53. The van der Waals surface area contributed by atoms with Gasteiger partial charge in [0.15, 0.2) is 0 Å². The number of fused-ring (bicyclic) bond motifs is 3. The maximum atomic E-state index is 10.6. The normalized spacial score (nSPS) is 10.1. The Morgan fingerprint density at radius 3 is 1.24 bits per heavy atom. The molecule has 1 aliphatic rings. The topological polar surface area (TPSA) is 57.5 Å². The van der Waals surface area contributed by atoms with Crippen LogP contribution in [0.3, 0.4) is 0 Å². The van der Waals surface area contributed by atoms with Crippen molar-refractivity contribution in [3.63, 3.8) is 0 Å². The van der Waals surface area contributed by atoms with Crippen LogP contribution in [0.25, 0.3) is 11.1 Å². The molecule has 0 saturated carbocycles. The molecule has 0 fully saturated rings. The lowest BCUT2D eigenvalue weighted by atomic mass is 10.1. The van der Waals surface area contributed by atoms with Crippen molar-refractivity contribution >= 4 is 5.78 Å². The van der Waals surface area contributed by atoms with Gasteiger partial charge in [0, 0.05) is 6.42 Å². The zero-order valence-corrected chi connectivity index (χ0v) is 21.0. The first-order chi connectivity index (χ1) is 18.0.